The summed E-state index contributed by atoms with van der Waals surface area (Å²) in [6.45, 7) is 7.25. The summed E-state index contributed by atoms with van der Waals surface area (Å²) < 4.78 is 13.2. The lowest BCUT2D eigenvalue weighted by Crippen LogP contribution is -2.46. The Hall–Kier alpha value is -1.47. The zero-order valence-electron chi connectivity index (χ0n) is 14.0. The van der Waals surface area contributed by atoms with E-state index in [0.29, 0.717) is 23.3 Å². The first-order valence-electron chi connectivity index (χ1n) is 7.92. The van der Waals surface area contributed by atoms with Gasteiger partial charge in [0.15, 0.2) is 0 Å². The monoisotopic (exact) mass is 388 g/mol. The van der Waals surface area contributed by atoms with Crippen molar-refractivity contribution in [2.75, 3.05) is 39.3 Å². The van der Waals surface area contributed by atoms with Gasteiger partial charge in [-0.1, -0.05) is 0 Å². The Balaban J connectivity index is 0.00000156. The normalized spacial score (nSPS) is 14.5. The van der Waals surface area contributed by atoms with Crippen LogP contribution in [0, 0.1) is 12.7 Å². The summed E-state index contributed by atoms with van der Waals surface area (Å²) in [7, 11) is 0. The van der Waals surface area contributed by atoms with E-state index in [-0.39, 0.29) is 36.5 Å². The van der Waals surface area contributed by atoms with Crippen molar-refractivity contribution in [2.24, 2.45) is 0 Å². The smallest absolute Gasteiger partial charge is 0.253 e. The van der Waals surface area contributed by atoms with Crippen molar-refractivity contribution in [1.29, 1.82) is 0 Å². The van der Waals surface area contributed by atoms with E-state index in [4.69, 9.17) is 0 Å². The largest absolute Gasteiger partial charge is 0.351 e. The van der Waals surface area contributed by atoms with Crippen molar-refractivity contribution in [3.8, 4) is 0 Å². The van der Waals surface area contributed by atoms with Gasteiger partial charge in [0.2, 0.25) is 0 Å². The maximum absolute atomic E-state index is 13.2. The highest BCUT2D eigenvalue weighted by Crippen LogP contribution is 2.17. The van der Waals surface area contributed by atoms with Crippen LogP contribution in [-0.2, 0) is 0 Å². The average molecular weight is 389 g/mol. The minimum absolute atomic E-state index is 0. The Labute approximate surface area is 159 Å². The van der Waals surface area contributed by atoms with Gasteiger partial charge in [-0.25, -0.2) is 4.39 Å². The molecule has 1 aromatic carbocycles. The topological polar surface area (TPSA) is 57.3 Å². The van der Waals surface area contributed by atoms with Crippen LogP contribution in [0.4, 0.5) is 4.39 Å². The number of halogens is 3. The van der Waals surface area contributed by atoms with Gasteiger partial charge in [0.1, 0.15) is 5.82 Å². The lowest BCUT2D eigenvalue weighted by Gasteiger charge is -2.27. The highest BCUT2D eigenvalue weighted by molar-refractivity contribution is 5.98. The molecule has 1 fully saturated rings. The molecule has 2 N–H and O–H groups in total. The molecule has 138 valence electrons. The second kappa shape index (κ2) is 9.87. The maximum Gasteiger partial charge on any atom is 0.253 e. The molecule has 8 heteroatoms. The molecular weight excluding hydrogens is 366 g/mol. The van der Waals surface area contributed by atoms with Gasteiger partial charge < -0.3 is 10.6 Å². The number of nitrogens with zero attached hydrogens (tertiary/aromatic N) is 2. The molecule has 0 aliphatic carbocycles. The molecule has 0 atom stereocenters. The Bertz CT molecular complexity index is 723. The fourth-order valence-corrected chi connectivity index (χ4v) is 2.82. The predicted octanol–water partition coefficient (Wildman–Crippen LogP) is 2.16. The van der Waals surface area contributed by atoms with Crippen LogP contribution in [0.5, 0.6) is 0 Å². The number of rotatable bonds is 4. The second-order valence-electron chi connectivity index (χ2n) is 5.81. The van der Waals surface area contributed by atoms with Gasteiger partial charge >= 0.3 is 0 Å². The summed E-state index contributed by atoms with van der Waals surface area (Å²) in [5, 5.41) is 7.02. The Morgan fingerprint density at radius 3 is 2.72 bits per heavy atom. The molecule has 0 saturated carbocycles. The number of carbonyl (C=O) groups is 1. The minimum Gasteiger partial charge on any atom is -0.351 e. The van der Waals surface area contributed by atoms with Crippen LogP contribution in [0.2, 0.25) is 0 Å². The summed E-state index contributed by atoms with van der Waals surface area (Å²) in [6.07, 6.45) is 0. The van der Waals surface area contributed by atoms with E-state index in [1.54, 1.807) is 19.1 Å². The number of fused-ring (bicyclic) bond motifs is 1. The lowest BCUT2D eigenvalue weighted by molar-refractivity contribution is 0.0946. The molecule has 3 rings (SSSR count). The molecule has 0 radical (unpaired) electrons. The van der Waals surface area contributed by atoms with Crippen LogP contribution in [0.25, 0.3) is 10.9 Å². The third kappa shape index (κ3) is 5.51. The molecule has 0 spiro atoms. The Morgan fingerprint density at radius 2 is 2.00 bits per heavy atom. The third-order valence-electron chi connectivity index (χ3n) is 4.14. The number of pyridine rings is 1. The van der Waals surface area contributed by atoms with Crippen molar-refractivity contribution in [1.82, 2.24) is 20.5 Å². The molecule has 5 nitrogen and oxygen atoms in total. The van der Waals surface area contributed by atoms with E-state index in [9.17, 15) is 9.18 Å². The highest BCUT2D eigenvalue weighted by atomic mass is 35.5. The summed E-state index contributed by atoms with van der Waals surface area (Å²) in [4.78, 5) is 19.0. The van der Waals surface area contributed by atoms with Gasteiger partial charge in [-0.05, 0) is 25.1 Å². The minimum atomic E-state index is -0.322. The van der Waals surface area contributed by atoms with Gasteiger partial charge in [0.25, 0.3) is 5.91 Å². The highest BCUT2D eigenvalue weighted by Gasteiger charge is 2.13. The van der Waals surface area contributed by atoms with Gasteiger partial charge in [-0.2, -0.15) is 0 Å². The van der Waals surface area contributed by atoms with Crippen LogP contribution >= 0.6 is 24.8 Å². The van der Waals surface area contributed by atoms with Crippen molar-refractivity contribution in [2.45, 2.75) is 6.92 Å². The van der Waals surface area contributed by atoms with Crippen LogP contribution in [0.15, 0.2) is 24.3 Å². The molecule has 1 aromatic heterocycles. The standard InChI is InChI=1S/C17H21FN4O.2ClH/c1-12-15(10-13-2-3-14(18)11-16(13)21-12)17(23)20-6-9-22-7-4-19-5-8-22;;/h2-3,10-11,19H,4-9H2,1H3,(H,20,23);2*1H. The van der Waals surface area contributed by atoms with E-state index in [2.05, 4.69) is 20.5 Å². The number of amides is 1. The van der Waals surface area contributed by atoms with Gasteiger partial charge in [-0.3, -0.25) is 14.7 Å². The van der Waals surface area contributed by atoms with E-state index < -0.39 is 0 Å². The number of nitrogens with one attached hydrogen (secondary N) is 2. The van der Waals surface area contributed by atoms with E-state index in [1.165, 1.54) is 12.1 Å². The number of hydrogen-bond acceptors (Lipinski definition) is 4. The molecule has 0 bridgehead atoms. The van der Waals surface area contributed by atoms with Crippen LogP contribution < -0.4 is 10.6 Å². The Kier molecular flexibility index (Phi) is 8.52. The van der Waals surface area contributed by atoms with Crippen LogP contribution in [0.1, 0.15) is 16.1 Å². The molecule has 2 aromatic rings. The van der Waals surface area contributed by atoms with Crippen molar-refractivity contribution >= 4 is 41.6 Å². The molecule has 2 heterocycles. The fourth-order valence-electron chi connectivity index (χ4n) is 2.82. The predicted molar refractivity (Wildman–Crippen MR) is 103 cm³/mol. The van der Waals surface area contributed by atoms with Crippen molar-refractivity contribution < 1.29 is 9.18 Å². The number of carbonyl (C=O) groups excluding carboxylic acids is 1. The maximum atomic E-state index is 13.2. The first-order valence-corrected chi connectivity index (χ1v) is 7.92. The second-order valence-corrected chi connectivity index (χ2v) is 5.81. The zero-order valence-corrected chi connectivity index (χ0v) is 15.7. The molecule has 1 saturated heterocycles. The summed E-state index contributed by atoms with van der Waals surface area (Å²) in [5.41, 5.74) is 1.73. The number of benzene rings is 1. The van der Waals surface area contributed by atoms with Crippen molar-refractivity contribution in [3.05, 3.63) is 41.3 Å². The number of hydrogen-bond donors (Lipinski definition) is 2. The number of piperazine rings is 1. The SMILES string of the molecule is Cc1nc2cc(F)ccc2cc1C(=O)NCCN1CCNCC1.Cl.Cl. The Morgan fingerprint density at radius 1 is 1.28 bits per heavy atom. The summed E-state index contributed by atoms with van der Waals surface area (Å²) in [6, 6.07) is 6.19. The third-order valence-corrected chi connectivity index (χ3v) is 4.14. The average Bonchev–Trinajstić information content (AvgIpc) is 2.55. The van der Waals surface area contributed by atoms with E-state index in [0.717, 1.165) is 38.1 Å². The van der Waals surface area contributed by atoms with Gasteiger partial charge in [0.05, 0.1) is 16.8 Å². The number of aryl methyl sites for hydroxylation is 1. The molecule has 25 heavy (non-hydrogen) atoms. The van der Waals surface area contributed by atoms with Crippen LogP contribution in [0.3, 0.4) is 0 Å². The quantitative estimate of drug-likeness (QED) is 0.842. The molecule has 1 aliphatic heterocycles. The molecular formula is C17H23Cl2FN4O. The first kappa shape index (κ1) is 21.6. The number of aromatic nitrogens is 1. The lowest BCUT2D eigenvalue weighted by atomic mass is 10.1. The van der Waals surface area contributed by atoms with Crippen LogP contribution in [-0.4, -0.2) is 55.1 Å². The first-order chi connectivity index (χ1) is 11.1. The van der Waals surface area contributed by atoms with Gasteiger partial charge in [-0.15, -0.1) is 24.8 Å². The summed E-state index contributed by atoms with van der Waals surface area (Å²) >= 11 is 0. The van der Waals surface area contributed by atoms with E-state index in [1.807, 2.05) is 0 Å². The van der Waals surface area contributed by atoms with E-state index >= 15 is 0 Å². The molecule has 1 aliphatic rings. The molecule has 1 amide bonds. The fraction of sp³-hybridized carbons (Fsp3) is 0.412. The van der Waals surface area contributed by atoms with Crippen molar-refractivity contribution in [3.63, 3.8) is 0 Å². The summed E-state index contributed by atoms with van der Waals surface area (Å²) in [5.74, 6) is -0.450. The van der Waals surface area contributed by atoms with Gasteiger partial charge in [0, 0.05) is 50.7 Å². The molecule has 0 unspecified atom stereocenters. The zero-order chi connectivity index (χ0) is 16.2.